The molecule has 1 fully saturated rings. The van der Waals surface area contributed by atoms with E-state index in [2.05, 4.69) is 10.2 Å². The van der Waals surface area contributed by atoms with Crippen molar-refractivity contribution in [1.82, 2.24) is 14.9 Å². The number of nitrogens with zero attached hydrogens (tertiary/aromatic N) is 3. The van der Waals surface area contributed by atoms with Gasteiger partial charge in [-0.15, -0.1) is 10.2 Å². The SMILES string of the molecule is Nn1c(CCC2CCCC2)nnc1SCC(=O)O. The first-order valence-corrected chi connectivity index (χ1v) is 7.19. The standard InChI is InChI=1S/C11H18N4O2S/c12-15-9(6-5-8-3-1-2-4-8)13-14-11(15)18-7-10(16)17/h8H,1-7,12H2,(H,16,17). The van der Waals surface area contributed by atoms with E-state index in [1.54, 1.807) is 0 Å². The van der Waals surface area contributed by atoms with Crippen LogP contribution in [0.4, 0.5) is 0 Å². The van der Waals surface area contributed by atoms with E-state index in [-0.39, 0.29) is 5.75 Å². The van der Waals surface area contributed by atoms with Crippen LogP contribution in [0.3, 0.4) is 0 Å². The predicted molar refractivity (Wildman–Crippen MR) is 68.8 cm³/mol. The zero-order chi connectivity index (χ0) is 13.0. The Bertz CT molecular complexity index is 415. The van der Waals surface area contributed by atoms with Gasteiger partial charge in [-0.3, -0.25) is 4.79 Å². The molecule has 0 radical (unpaired) electrons. The van der Waals surface area contributed by atoms with E-state index in [9.17, 15) is 4.79 Å². The van der Waals surface area contributed by atoms with Crippen LogP contribution < -0.4 is 5.84 Å². The molecule has 100 valence electrons. The summed E-state index contributed by atoms with van der Waals surface area (Å²) < 4.78 is 1.42. The Kier molecular flexibility index (Phi) is 4.46. The molecule has 1 aromatic rings. The Morgan fingerprint density at radius 2 is 2.17 bits per heavy atom. The smallest absolute Gasteiger partial charge is 0.313 e. The van der Waals surface area contributed by atoms with Crippen LogP contribution >= 0.6 is 11.8 Å². The van der Waals surface area contributed by atoms with Crippen molar-refractivity contribution in [2.75, 3.05) is 11.6 Å². The third kappa shape index (κ3) is 3.38. The number of hydrogen-bond acceptors (Lipinski definition) is 5. The molecule has 1 aliphatic rings. The van der Waals surface area contributed by atoms with Gasteiger partial charge in [0.25, 0.3) is 0 Å². The Balaban J connectivity index is 1.86. The maximum Gasteiger partial charge on any atom is 0.313 e. The van der Waals surface area contributed by atoms with Crippen molar-refractivity contribution in [2.24, 2.45) is 5.92 Å². The van der Waals surface area contributed by atoms with E-state index in [1.165, 1.54) is 30.4 Å². The number of nitrogen functional groups attached to an aromatic ring is 1. The number of thioether (sulfide) groups is 1. The Labute approximate surface area is 110 Å². The number of aliphatic carboxylic acids is 1. The second-order valence-corrected chi connectivity index (χ2v) is 5.58. The molecule has 0 aromatic carbocycles. The minimum absolute atomic E-state index is 0.0437. The summed E-state index contributed by atoms with van der Waals surface area (Å²) in [5, 5.41) is 17.0. The molecule has 0 unspecified atom stereocenters. The summed E-state index contributed by atoms with van der Waals surface area (Å²) in [5.41, 5.74) is 0. The lowest BCUT2D eigenvalue weighted by Crippen LogP contribution is -2.15. The number of carboxylic acid groups (broad SMARTS) is 1. The fourth-order valence-electron chi connectivity index (χ4n) is 2.33. The first-order chi connectivity index (χ1) is 8.66. The van der Waals surface area contributed by atoms with Crippen LogP contribution in [-0.4, -0.2) is 31.7 Å². The first-order valence-electron chi connectivity index (χ1n) is 6.21. The fourth-order valence-corrected chi connectivity index (χ4v) is 2.93. The van der Waals surface area contributed by atoms with Gasteiger partial charge in [0.05, 0.1) is 5.75 Å². The number of nitrogens with two attached hydrogens (primary N) is 1. The molecule has 3 N–H and O–H groups in total. The Morgan fingerprint density at radius 3 is 2.83 bits per heavy atom. The third-order valence-corrected chi connectivity index (χ3v) is 4.24. The zero-order valence-electron chi connectivity index (χ0n) is 10.2. The quantitative estimate of drug-likeness (QED) is 0.597. The molecule has 6 nitrogen and oxygen atoms in total. The number of aryl methyl sites for hydroxylation is 1. The van der Waals surface area contributed by atoms with Crippen molar-refractivity contribution >= 4 is 17.7 Å². The second-order valence-electron chi connectivity index (χ2n) is 4.64. The average Bonchev–Trinajstić information content (AvgIpc) is 2.94. The van der Waals surface area contributed by atoms with Crippen molar-refractivity contribution in [1.29, 1.82) is 0 Å². The average molecular weight is 270 g/mol. The molecule has 2 rings (SSSR count). The molecule has 18 heavy (non-hydrogen) atoms. The molecule has 7 heteroatoms. The van der Waals surface area contributed by atoms with Crippen molar-refractivity contribution < 1.29 is 9.90 Å². The molecular formula is C11H18N4O2S. The highest BCUT2D eigenvalue weighted by atomic mass is 32.2. The molecule has 0 saturated heterocycles. The number of carbonyl (C=O) groups is 1. The molecule has 0 amide bonds. The summed E-state index contributed by atoms with van der Waals surface area (Å²) in [5.74, 6) is 6.46. The minimum Gasteiger partial charge on any atom is -0.481 e. The van der Waals surface area contributed by atoms with E-state index in [1.807, 2.05) is 0 Å². The lowest BCUT2D eigenvalue weighted by atomic mass is 10.0. The molecular weight excluding hydrogens is 252 g/mol. The highest BCUT2D eigenvalue weighted by Gasteiger charge is 2.17. The molecule has 1 saturated carbocycles. The van der Waals surface area contributed by atoms with Crippen LogP contribution in [0.2, 0.25) is 0 Å². The zero-order valence-corrected chi connectivity index (χ0v) is 11.0. The molecule has 0 bridgehead atoms. The number of rotatable bonds is 6. The highest BCUT2D eigenvalue weighted by molar-refractivity contribution is 7.99. The van der Waals surface area contributed by atoms with Crippen molar-refractivity contribution in [3.8, 4) is 0 Å². The van der Waals surface area contributed by atoms with Crippen molar-refractivity contribution in [3.63, 3.8) is 0 Å². The largest absolute Gasteiger partial charge is 0.481 e. The maximum absolute atomic E-state index is 10.5. The molecule has 1 heterocycles. The molecule has 0 spiro atoms. The number of carboxylic acids is 1. The van der Waals surface area contributed by atoms with Crippen LogP contribution in [0.15, 0.2) is 5.16 Å². The monoisotopic (exact) mass is 270 g/mol. The van der Waals surface area contributed by atoms with Crippen LogP contribution in [0.5, 0.6) is 0 Å². The second kappa shape index (κ2) is 6.08. The first kappa shape index (κ1) is 13.2. The number of aromatic nitrogens is 3. The lowest BCUT2D eigenvalue weighted by molar-refractivity contribution is -0.133. The Morgan fingerprint density at radius 1 is 1.44 bits per heavy atom. The van der Waals surface area contributed by atoms with Crippen LogP contribution in [0, 0.1) is 5.92 Å². The van der Waals surface area contributed by atoms with Gasteiger partial charge in [-0.2, -0.15) is 0 Å². The van der Waals surface area contributed by atoms with Gasteiger partial charge < -0.3 is 10.9 Å². The minimum atomic E-state index is -0.879. The van der Waals surface area contributed by atoms with Crippen LogP contribution in [0.1, 0.15) is 37.9 Å². The van der Waals surface area contributed by atoms with Gasteiger partial charge in [0.1, 0.15) is 0 Å². The summed E-state index contributed by atoms with van der Waals surface area (Å²) in [6.45, 7) is 0. The normalized spacial score (nSPS) is 16.2. The molecule has 0 aliphatic heterocycles. The Hall–Kier alpha value is -1.24. The van der Waals surface area contributed by atoms with Gasteiger partial charge in [0.15, 0.2) is 5.82 Å². The van der Waals surface area contributed by atoms with Gasteiger partial charge in [-0.1, -0.05) is 37.4 Å². The van der Waals surface area contributed by atoms with Gasteiger partial charge >= 0.3 is 5.97 Å². The fraction of sp³-hybridized carbons (Fsp3) is 0.727. The summed E-state index contributed by atoms with van der Waals surface area (Å²) in [4.78, 5) is 10.5. The summed E-state index contributed by atoms with van der Waals surface area (Å²) in [6, 6.07) is 0. The van der Waals surface area contributed by atoms with Crippen molar-refractivity contribution in [3.05, 3.63) is 5.82 Å². The summed E-state index contributed by atoms with van der Waals surface area (Å²) >= 11 is 1.10. The van der Waals surface area contributed by atoms with Gasteiger partial charge in [0, 0.05) is 6.42 Å². The maximum atomic E-state index is 10.5. The van der Waals surface area contributed by atoms with Gasteiger partial charge in [0.2, 0.25) is 5.16 Å². The van der Waals surface area contributed by atoms with Crippen LogP contribution in [0.25, 0.3) is 0 Å². The molecule has 1 aliphatic carbocycles. The third-order valence-electron chi connectivity index (χ3n) is 3.31. The van der Waals surface area contributed by atoms with E-state index in [4.69, 9.17) is 10.9 Å². The van der Waals surface area contributed by atoms with Gasteiger partial charge in [-0.05, 0) is 12.3 Å². The summed E-state index contributed by atoms with van der Waals surface area (Å²) in [6.07, 6.45) is 7.19. The topological polar surface area (TPSA) is 94.0 Å². The van der Waals surface area contributed by atoms with E-state index >= 15 is 0 Å². The highest BCUT2D eigenvalue weighted by Crippen LogP contribution is 2.28. The van der Waals surface area contributed by atoms with Gasteiger partial charge in [-0.25, -0.2) is 4.68 Å². The number of hydrogen-bond donors (Lipinski definition) is 2. The van der Waals surface area contributed by atoms with E-state index in [0.717, 1.165) is 36.3 Å². The molecule has 0 atom stereocenters. The van der Waals surface area contributed by atoms with E-state index < -0.39 is 5.97 Å². The molecule has 1 aromatic heterocycles. The van der Waals surface area contributed by atoms with Crippen molar-refractivity contribution in [2.45, 2.75) is 43.7 Å². The lowest BCUT2D eigenvalue weighted by Gasteiger charge is -2.07. The van der Waals surface area contributed by atoms with E-state index in [0.29, 0.717) is 5.16 Å². The predicted octanol–water partition coefficient (Wildman–Crippen LogP) is 1.29. The van der Waals surface area contributed by atoms with Crippen LogP contribution in [-0.2, 0) is 11.2 Å². The summed E-state index contributed by atoms with van der Waals surface area (Å²) in [7, 11) is 0.